The van der Waals surface area contributed by atoms with Gasteiger partial charge >= 0.3 is 0 Å². The van der Waals surface area contributed by atoms with E-state index >= 15 is 0 Å². The van der Waals surface area contributed by atoms with E-state index in [0.29, 0.717) is 45.8 Å². The molecule has 0 aliphatic carbocycles. The maximum absolute atomic E-state index is 13.7. The molecule has 2 aromatic carbocycles. The van der Waals surface area contributed by atoms with Crippen molar-refractivity contribution in [2.24, 2.45) is 0 Å². The van der Waals surface area contributed by atoms with Gasteiger partial charge in [-0.05, 0) is 59.9 Å². The number of nitrogens with zero attached hydrogens (tertiary/aromatic N) is 4. The molecule has 1 saturated heterocycles. The summed E-state index contributed by atoms with van der Waals surface area (Å²) in [4.78, 5) is 36.3. The average molecular weight is 555 g/mol. The number of hydrogen-bond donors (Lipinski definition) is 0. The molecule has 0 saturated carbocycles. The lowest BCUT2D eigenvalue weighted by atomic mass is 9.99. The Hall–Kier alpha value is -3.95. The van der Waals surface area contributed by atoms with Gasteiger partial charge in [0.15, 0.2) is 0 Å². The van der Waals surface area contributed by atoms with Gasteiger partial charge in [-0.1, -0.05) is 66.4 Å². The minimum Gasteiger partial charge on any atom is -0.497 e. The van der Waals surface area contributed by atoms with Crippen LogP contribution >= 0.6 is 24.0 Å². The van der Waals surface area contributed by atoms with Crippen LogP contribution in [0, 0.1) is 0 Å². The first kappa shape index (κ1) is 25.3. The molecular weight excluding hydrogens is 528 g/mol. The monoisotopic (exact) mass is 554 g/mol. The molecule has 0 N–H and O–H groups in total. The first-order chi connectivity index (χ1) is 19.0. The van der Waals surface area contributed by atoms with Crippen LogP contribution < -0.4 is 15.2 Å². The number of pyridine rings is 1. The fourth-order valence-corrected chi connectivity index (χ4v) is 6.28. The van der Waals surface area contributed by atoms with Crippen molar-refractivity contribution in [2.75, 3.05) is 25.1 Å². The van der Waals surface area contributed by atoms with Crippen molar-refractivity contribution in [1.29, 1.82) is 0 Å². The summed E-state index contributed by atoms with van der Waals surface area (Å²) in [6.45, 7) is 1.84. The van der Waals surface area contributed by atoms with Gasteiger partial charge in [-0.15, -0.1) is 0 Å². The molecule has 9 heteroatoms. The number of hydrogen-bond acceptors (Lipinski definition) is 7. The number of rotatable bonds is 6. The largest absolute Gasteiger partial charge is 0.497 e. The summed E-state index contributed by atoms with van der Waals surface area (Å²) in [5, 5.41) is 0. The lowest BCUT2D eigenvalue weighted by Gasteiger charge is -2.30. The molecule has 1 fully saturated rings. The summed E-state index contributed by atoms with van der Waals surface area (Å²) < 4.78 is 7.24. The van der Waals surface area contributed by atoms with Gasteiger partial charge in [0.05, 0.1) is 17.6 Å². The topological polar surface area (TPSA) is 67.2 Å². The molecule has 0 spiro atoms. The third-order valence-electron chi connectivity index (χ3n) is 7.11. The highest BCUT2D eigenvalue weighted by atomic mass is 32.2. The van der Waals surface area contributed by atoms with Crippen molar-refractivity contribution in [3.8, 4) is 5.75 Å². The van der Waals surface area contributed by atoms with Crippen LogP contribution in [0.15, 0.2) is 82.6 Å². The van der Waals surface area contributed by atoms with Gasteiger partial charge in [-0.25, -0.2) is 4.98 Å². The van der Waals surface area contributed by atoms with Gasteiger partial charge in [-0.2, -0.15) is 0 Å². The Morgan fingerprint density at radius 2 is 1.79 bits per heavy atom. The third-order valence-corrected chi connectivity index (χ3v) is 8.49. The number of amides is 1. The van der Waals surface area contributed by atoms with Gasteiger partial charge < -0.3 is 9.64 Å². The highest BCUT2D eigenvalue weighted by Gasteiger charge is 2.33. The van der Waals surface area contributed by atoms with Crippen LogP contribution in [0.1, 0.15) is 22.3 Å². The van der Waals surface area contributed by atoms with E-state index in [4.69, 9.17) is 21.9 Å². The quantitative estimate of drug-likeness (QED) is 0.253. The zero-order valence-corrected chi connectivity index (χ0v) is 23.0. The number of benzene rings is 2. The fourth-order valence-electron chi connectivity index (χ4n) is 4.99. The van der Waals surface area contributed by atoms with Gasteiger partial charge in [0.2, 0.25) is 0 Å². The van der Waals surface area contributed by atoms with E-state index in [0.717, 1.165) is 24.3 Å². The van der Waals surface area contributed by atoms with Crippen LogP contribution in [0.25, 0.3) is 11.7 Å². The summed E-state index contributed by atoms with van der Waals surface area (Å²) in [7, 11) is 1.63. The first-order valence-electron chi connectivity index (χ1n) is 12.7. The Bertz CT molecular complexity index is 1680. The maximum atomic E-state index is 13.7. The summed E-state index contributed by atoms with van der Waals surface area (Å²) >= 11 is 6.81. The van der Waals surface area contributed by atoms with Crippen LogP contribution in [0.2, 0.25) is 0 Å². The van der Waals surface area contributed by atoms with E-state index in [2.05, 4.69) is 23.1 Å². The summed E-state index contributed by atoms with van der Waals surface area (Å²) in [6.07, 6.45) is 4.90. The van der Waals surface area contributed by atoms with Crippen molar-refractivity contribution in [3.63, 3.8) is 0 Å². The Balaban J connectivity index is 1.33. The highest BCUT2D eigenvalue weighted by Crippen LogP contribution is 2.34. The minimum atomic E-state index is -0.210. The molecule has 2 aliphatic heterocycles. The molecule has 1 amide bonds. The molecule has 6 rings (SSSR count). The summed E-state index contributed by atoms with van der Waals surface area (Å²) in [6, 6.07) is 21.6. The van der Waals surface area contributed by atoms with E-state index in [9.17, 15) is 9.59 Å². The molecule has 7 nitrogen and oxygen atoms in total. The molecule has 2 aliphatic rings. The lowest BCUT2D eigenvalue weighted by molar-refractivity contribution is -0.122. The second-order valence-electron chi connectivity index (χ2n) is 9.45. The smallest absolute Gasteiger partial charge is 0.267 e. The van der Waals surface area contributed by atoms with E-state index in [1.165, 1.54) is 27.3 Å². The van der Waals surface area contributed by atoms with Crippen LogP contribution in [-0.2, 0) is 24.2 Å². The maximum Gasteiger partial charge on any atom is 0.267 e. The minimum absolute atomic E-state index is 0.189. The number of carbonyl (C=O) groups is 1. The number of ether oxygens (including phenoxy) is 1. The molecule has 2 aromatic heterocycles. The molecule has 196 valence electrons. The SMILES string of the molecule is COc1ccc(CCN2C(=O)/C(=C/c3c(N4CCc5ccccc5C4)nc4ccccn4c3=O)SC2=S)cc1. The second-order valence-corrected chi connectivity index (χ2v) is 11.1. The number of anilines is 1. The Morgan fingerprint density at radius 1 is 1.03 bits per heavy atom. The van der Waals surface area contributed by atoms with Crippen LogP contribution in [-0.4, -0.2) is 44.7 Å². The van der Waals surface area contributed by atoms with Gasteiger partial charge in [0.1, 0.15) is 21.5 Å². The molecule has 39 heavy (non-hydrogen) atoms. The first-order valence-corrected chi connectivity index (χ1v) is 14.0. The molecule has 4 aromatic rings. The Labute approximate surface area is 235 Å². The predicted molar refractivity (Wildman–Crippen MR) is 159 cm³/mol. The van der Waals surface area contributed by atoms with E-state index < -0.39 is 0 Å². The number of fused-ring (bicyclic) bond motifs is 2. The van der Waals surface area contributed by atoms with Crippen LogP contribution in [0.3, 0.4) is 0 Å². The number of carbonyl (C=O) groups excluding carboxylic acids is 1. The molecule has 4 heterocycles. The number of methoxy groups -OCH3 is 1. The molecule has 0 radical (unpaired) electrons. The average Bonchev–Trinajstić information content (AvgIpc) is 3.24. The van der Waals surface area contributed by atoms with Gasteiger partial charge in [0.25, 0.3) is 11.5 Å². The van der Waals surface area contributed by atoms with Crippen molar-refractivity contribution in [2.45, 2.75) is 19.4 Å². The second kappa shape index (κ2) is 10.7. The van der Waals surface area contributed by atoms with Crippen molar-refractivity contribution < 1.29 is 9.53 Å². The van der Waals surface area contributed by atoms with Gasteiger partial charge in [-0.3, -0.25) is 18.9 Å². The molecule has 0 atom stereocenters. The summed E-state index contributed by atoms with van der Waals surface area (Å²) in [5.41, 5.74) is 4.37. The third kappa shape index (κ3) is 4.95. The van der Waals surface area contributed by atoms with Crippen LogP contribution in [0.4, 0.5) is 5.82 Å². The number of thiocarbonyl (C=S) groups is 1. The van der Waals surface area contributed by atoms with E-state index in [1.54, 1.807) is 30.3 Å². The van der Waals surface area contributed by atoms with Crippen LogP contribution in [0.5, 0.6) is 5.75 Å². The highest BCUT2D eigenvalue weighted by molar-refractivity contribution is 8.26. The molecular formula is C30H26N4O3S2. The Morgan fingerprint density at radius 3 is 2.59 bits per heavy atom. The summed E-state index contributed by atoms with van der Waals surface area (Å²) in [5.74, 6) is 1.19. The fraction of sp³-hybridized carbons (Fsp3) is 0.200. The zero-order valence-electron chi connectivity index (χ0n) is 21.4. The number of aromatic nitrogens is 2. The van der Waals surface area contributed by atoms with Crippen molar-refractivity contribution in [1.82, 2.24) is 14.3 Å². The van der Waals surface area contributed by atoms with E-state index in [1.807, 2.05) is 42.5 Å². The van der Waals surface area contributed by atoms with E-state index in [-0.39, 0.29) is 11.5 Å². The van der Waals surface area contributed by atoms with Crippen molar-refractivity contribution in [3.05, 3.63) is 110 Å². The van der Waals surface area contributed by atoms with Crippen molar-refractivity contribution >= 4 is 51.7 Å². The van der Waals surface area contributed by atoms with Gasteiger partial charge in [0, 0.05) is 25.8 Å². The molecule has 0 bridgehead atoms. The standard InChI is InChI=1S/C30H26N4O3S2/c1-37-23-11-9-20(10-12-23)13-17-34-29(36)25(39-30(34)38)18-24-27(31-26-8-4-5-15-33(26)28(24)35)32-16-14-21-6-2-3-7-22(21)19-32/h2-12,15,18H,13-14,16-17,19H2,1H3/b25-18-. The lowest BCUT2D eigenvalue weighted by Crippen LogP contribution is -2.34. The number of thioether (sulfide) groups is 1. The molecule has 0 unspecified atom stereocenters. The zero-order chi connectivity index (χ0) is 26.9. The predicted octanol–water partition coefficient (Wildman–Crippen LogP) is 4.71. The normalized spacial score (nSPS) is 16.3. The Kier molecular flexibility index (Phi) is 6.93.